The van der Waals surface area contributed by atoms with Crippen LogP contribution in [0.5, 0.6) is 5.75 Å². The molecular formula is C14H13N2O3P. The van der Waals surface area contributed by atoms with Gasteiger partial charge in [-0.05, 0) is 30.3 Å². The van der Waals surface area contributed by atoms with Crippen LogP contribution in [-0.4, -0.2) is 11.6 Å². The molecule has 0 heterocycles. The van der Waals surface area contributed by atoms with E-state index in [2.05, 4.69) is 5.32 Å². The van der Waals surface area contributed by atoms with Crippen molar-refractivity contribution in [1.82, 2.24) is 0 Å². The average Bonchev–Trinajstić information content (AvgIpc) is 2.40. The third kappa shape index (κ3) is 3.86. The van der Waals surface area contributed by atoms with Gasteiger partial charge in [0.2, 0.25) is 0 Å². The Morgan fingerprint density at radius 3 is 2.55 bits per heavy atom. The van der Waals surface area contributed by atoms with E-state index in [-0.39, 0.29) is 5.75 Å². The predicted molar refractivity (Wildman–Crippen MR) is 77.3 cm³/mol. The lowest BCUT2D eigenvalue weighted by Crippen LogP contribution is -1.97. The zero-order valence-electron chi connectivity index (χ0n) is 10.8. The Kier molecular flexibility index (Phi) is 4.09. The highest BCUT2D eigenvalue weighted by Crippen LogP contribution is 2.42. The van der Waals surface area contributed by atoms with Crippen molar-refractivity contribution in [2.45, 2.75) is 0 Å². The summed E-state index contributed by atoms with van der Waals surface area (Å²) in [5, 5.41) is 12.0. The molecule has 0 aliphatic rings. The van der Waals surface area contributed by atoms with E-state index in [0.29, 0.717) is 11.3 Å². The minimum Gasteiger partial charge on any atom is -0.422 e. The Morgan fingerprint density at radius 2 is 1.95 bits per heavy atom. The molecule has 2 aromatic rings. The molecule has 0 saturated carbocycles. The highest BCUT2D eigenvalue weighted by molar-refractivity contribution is 7.52. The summed E-state index contributed by atoms with van der Waals surface area (Å²) in [6, 6.07) is 15.9. The lowest BCUT2D eigenvalue weighted by Gasteiger charge is -2.15. The number of rotatable bonds is 4. The Bertz CT molecular complexity index is 689. The van der Waals surface area contributed by atoms with Crippen molar-refractivity contribution in [3.63, 3.8) is 0 Å². The minimum atomic E-state index is -3.67. The number of hydrogen-bond acceptors (Lipinski definition) is 4. The van der Waals surface area contributed by atoms with Crippen molar-refractivity contribution in [3.05, 3.63) is 54.1 Å². The Labute approximate surface area is 117 Å². The lowest BCUT2D eigenvalue weighted by atomic mass is 10.2. The molecule has 0 radical (unpaired) electrons. The number of nitrogens with one attached hydrogen (secondary N) is 1. The molecular weight excluding hydrogens is 275 g/mol. The Morgan fingerprint density at radius 1 is 1.25 bits per heavy atom. The van der Waals surface area contributed by atoms with Gasteiger partial charge >= 0.3 is 7.60 Å². The van der Waals surface area contributed by atoms with Crippen molar-refractivity contribution >= 4 is 19.0 Å². The molecule has 102 valence electrons. The normalized spacial score (nSPS) is 13.1. The molecule has 2 N–H and O–H groups in total. The summed E-state index contributed by atoms with van der Waals surface area (Å²) in [6.07, 6.45) is 0. The van der Waals surface area contributed by atoms with E-state index in [1.54, 1.807) is 6.07 Å². The maximum absolute atomic E-state index is 11.4. The standard InChI is InChI=1S/C14H13N2O3P/c1-20(17,18)19-14-8-7-11(10-15)9-13(14)16-12-5-3-2-4-6-12/h2-9,16H,1H3,(H,17,18). The van der Waals surface area contributed by atoms with Crippen LogP contribution in [0, 0.1) is 11.3 Å². The van der Waals surface area contributed by atoms with Crippen molar-refractivity contribution < 1.29 is 14.0 Å². The van der Waals surface area contributed by atoms with Crippen molar-refractivity contribution in [3.8, 4) is 11.8 Å². The van der Waals surface area contributed by atoms with Crippen LogP contribution in [0.1, 0.15) is 5.56 Å². The van der Waals surface area contributed by atoms with E-state index in [1.165, 1.54) is 12.1 Å². The van der Waals surface area contributed by atoms with Crippen LogP contribution in [0.3, 0.4) is 0 Å². The summed E-state index contributed by atoms with van der Waals surface area (Å²) in [7, 11) is -3.67. The van der Waals surface area contributed by atoms with E-state index >= 15 is 0 Å². The maximum atomic E-state index is 11.4. The van der Waals surface area contributed by atoms with Crippen molar-refractivity contribution in [1.29, 1.82) is 5.26 Å². The molecule has 6 heteroatoms. The maximum Gasteiger partial charge on any atom is 0.373 e. The Hall–Kier alpha value is -2.28. The van der Waals surface area contributed by atoms with E-state index < -0.39 is 7.60 Å². The van der Waals surface area contributed by atoms with Gasteiger partial charge in [-0.25, -0.2) is 4.57 Å². The summed E-state index contributed by atoms with van der Waals surface area (Å²) in [6.45, 7) is 1.11. The van der Waals surface area contributed by atoms with Crippen LogP contribution in [-0.2, 0) is 4.57 Å². The molecule has 0 saturated heterocycles. The molecule has 0 spiro atoms. The fourth-order valence-corrected chi connectivity index (χ4v) is 2.16. The molecule has 0 bridgehead atoms. The zero-order valence-corrected chi connectivity index (χ0v) is 11.7. The predicted octanol–water partition coefficient (Wildman–Crippen LogP) is 3.50. The van der Waals surface area contributed by atoms with Gasteiger partial charge in [-0.2, -0.15) is 5.26 Å². The van der Waals surface area contributed by atoms with E-state index in [9.17, 15) is 9.46 Å². The second kappa shape index (κ2) is 5.79. The third-order valence-corrected chi connectivity index (χ3v) is 2.96. The van der Waals surface area contributed by atoms with E-state index in [4.69, 9.17) is 9.79 Å². The first kappa shape index (κ1) is 14.1. The SMILES string of the molecule is CP(=O)(O)Oc1ccc(C#N)cc1Nc1ccccc1. The molecule has 2 rings (SSSR count). The van der Waals surface area contributed by atoms with Crippen LogP contribution in [0.2, 0.25) is 0 Å². The molecule has 5 nitrogen and oxygen atoms in total. The highest BCUT2D eigenvalue weighted by atomic mass is 31.2. The first-order valence-electron chi connectivity index (χ1n) is 5.84. The number of hydrogen-bond donors (Lipinski definition) is 2. The molecule has 1 atom stereocenters. The van der Waals surface area contributed by atoms with Crippen molar-refractivity contribution in [2.75, 3.05) is 12.0 Å². The molecule has 0 fully saturated rings. The van der Waals surface area contributed by atoms with Crippen LogP contribution >= 0.6 is 7.60 Å². The largest absolute Gasteiger partial charge is 0.422 e. The number of nitriles is 1. The van der Waals surface area contributed by atoms with Gasteiger partial charge in [0.15, 0.2) is 5.75 Å². The molecule has 1 unspecified atom stereocenters. The van der Waals surface area contributed by atoms with Crippen LogP contribution < -0.4 is 9.84 Å². The van der Waals surface area contributed by atoms with Gasteiger partial charge in [-0.15, -0.1) is 0 Å². The Balaban J connectivity index is 2.38. The highest BCUT2D eigenvalue weighted by Gasteiger charge is 2.15. The summed E-state index contributed by atoms with van der Waals surface area (Å²) in [5.74, 6) is 0.223. The van der Waals surface area contributed by atoms with Crippen LogP contribution in [0.25, 0.3) is 0 Å². The number of para-hydroxylation sites is 1. The zero-order chi connectivity index (χ0) is 14.6. The molecule has 20 heavy (non-hydrogen) atoms. The van der Waals surface area contributed by atoms with Gasteiger partial charge in [0, 0.05) is 12.4 Å². The van der Waals surface area contributed by atoms with E-state index in [1.807, 2.05) is 36.4 Å². The number of nitrogens with zero attached hydrogens (tertiary/aromatic N) is 1. The fraction of sp³-hybridized carbons (Fsp3) is 0.0714. The first-order chi connectivity index (χ1) is 9.48. The van der Waals surface area contributed by atoms with Crippen LogP contribution in [0.15, 0.2) is 48.5 Å². The first-order valence-corrected chi connectivity index (χ1v) is 7.86. The van der Waals surface area contributed by atoms with Crippen molar-refractivity contribution in [2.24, 2.45) is 0 Å². The summed E-state index contributed by atoms with van der Waals surface area (Å²) in [5.41, 5.74) is 1.68. The average molecular weight is 288 g/mol. The van der Waals surface area contributed by atoms with Gasteiger partial charge in [-0.3, -0.25) is 0 Å². The second-order valence-corrected chi connectivity index (χ2v) is 6.00. The smallest absolute Gasteiger partial charge is 0.373 e. The monoisotopic (exact) mass is 288 g/mol. The van der Waals surface area contributed by atoms with Crippen LogP contribution in [0.4, 0.5) is 11.4 Å². The van der Waals surface area contributed by atoms with Gasteiger partial charge in [0.25, 0.3) is 0 Å². The van der Waals surface area contributed by atoms with Gasteiger partial charge in [-0.1, -0.05) is 18.2 Å². The number of benzene rings is 2. The summed E-state index contributed by atoms with van der Waals surface area (Å²) in [4.78, 5) is 9.33. The molecule has 0 amide bonds. The minimum absolute atomic E-state index is 0.223. The van der Waals surface area contributed by atoms with Gasteiger partial charge in [0.1, 0.15) is 0 Å². The lowest BCUT2D eigenvalue weighted by molar-refractivity contribution is 0.388. The molecule has 2 aromatic carbocycles. The van der Waals surface area contributed by atoms with Gasteiger partial charge < -0.3 is 14.7 Å². The summed E-state index contributed by atoms with van der Waals surface area (Å²) < 4.78 is 16.4. The van der Waals surface area contributed by atoms with E-state index in [0.717, 1.165) is 12.4 Å². The summed E-state index contributed by atoms with van der Waals surface area (Å²) >= 11 is 0. The fourth-order valence-electron chi connectivity index (χ4n) is 1.64. The third-order valence-electron chi connectivity index (χ3n) is 2.43. The number of anilines is 2. The second-order valence-electron chi connectivity index (χ2n) is 4.21. The quantitative estimate of drug-likeness (QED) is 0.841. The molecule has 0 aliphatic carbocycles. The van der Waals surface area contributed by atoms with Gasteiger partial charge in [0.05, 0.1) is 17.3 Å². The molecule has 0 aromatic heterocycles. The molecule has 0 aliphatic heterocycles. The topological polar surface area (TPSA) is 82.3 Å².